The summed E-state index contributed by atoms with van der Waals surface area (Å²) in [6, 6.07) is 23.6. The molecule has 0 fully saturated rings. The summed E-state index contributed by atoms with van der Waals surface area (Å²) in [5.41, 5.74) is 3.90. The number of hydrogen-bond donors (Lipinski definition) is 0. The lowest BCUT2D eigenvalue weighted by Gasteiger charge is -2.33. The van der Waals surface area contributed by atoms with Crippen LogP contribution in [0.4, 0.5) is 11.4 Å². The maximum atomic E-state index is 5.43. The van der Waals surface area contributed by atoms with Gasteiger partial charge in [0, 0.05) is 22.9 Å². The number of benzene rings is 3. The van der Waals surface area contributed by atoms with Crippen LogP contribution >= 0.6 is 11.8 Å². The Balaban J connectivity index is 1.34. The minimum Gasteiger partial charge on any atom is -0.493 e. The standard InChI is InChI=1S/C26H30N2O2S/c1-27(18-15-20-13-14-23(29-2)24(19-20)30-3)16-8-17-28-21-9-4-6-11-25(21)31-26-12-7-5-10-22(26)28/h4-7,9-14,19H,8,15-18H2,1-3H3. The first-order chi connectivity index (χ1) is 15.2. The molecule has 0 spiro atoms. The van der Waals surface area contributed by atoms with E-state index >= 15 is 0 Å². The number of fused-ring (bicyclic) bond motifs is 2. The summed E-state index contributed by atoms with van der Waals surface area (Å²) in [6.07, 6.45) is 2.10. The Morgan fingerprint density at radius 3 is 2.10 bits per heavy atom. The second kappa shape index (κ2) is 10.1. The molecule has 0 aromatic heterocycles. The monoisotopic (exact) mass is 434 g/mol. The summed E-state index contributed by atoms with van der Waals surface area (Å²) in [5, 5.41) is 0. The molecule has 5 heteroatoms. The summed E-state index contributed by atoms with van der Waals surface area (Å²) in [7, 11) is 5.56. The van der Waals surface area contributed by atoms with Gasteiger partial charge >= 0.3 is 0 Å². The van der Waals surface area contributed by atoms with Crippen molar-refractivity contribution in [2.45, 2.75) is 22.6 Å². The van der Waals surface area contributed by atoms with E-state index in [0.717, 1.165) is 44.0 Å². The molecule has 3 aromatic carbocycles. The first-order valence-electron chi connectivity index (χ1n) is 10.7. The van der Waals surface area contributed by atoms with E-state index in [-0.39, 0.29) is 0 Å². The molecule has 1 aliphatic heterocycles. The van der Waals surface area contributed by atoms with Crippen molar-refractivity contribution in [2.75, 3.05) is 45.8 Å². The van der Waals surface area contributed by atoms with Crippen LogP contribution in [0.3, 0.4) is 0 Å². The molecule has 4 rings (SSSR count). The smallest absolute Gasteiger partial charge is 0.160 e. The second-order valence-corrected chi connectivity index (χ2v) is 8.87. The lowest BCUT2D eigenvalue weighted by Crippen LogP contribution is -2.28. The Hall–Kier alpha value is -2.63. The van der Waals surface area contributed by atoms with E-state index in [4.69, 9.17) is 9.47 Å². The van der Waals surface area contributed by atoms with Gasteiger partial charge in [-0.25, -0.2) is 0 Å². The van der Waals surface area contributed by atoms with E-state index in [1.807, 2.05) is 17.8 Å². The van der Waals surface area contributed by atoms with Gasteiger partial charge in [-0.1, -0.05) is 42.1 Å². The third-order valence-corrected chi connectivity index (χ3v) is 6.81. The van der Waals surface area contributed by atoms with Crippen LogP contribution < -0.4 is 14.4 Å². The van der Waals surface area contributed by atoms with Gasteiger partial charge in [-0.15, -0.1) is 0 Å². The van der Waals surface area contributed by atoms with E-state index < -0.39 is 0 Å². The third-order valence-electron chi connectivity index (χ3n) is 5.68. The van der Waals surface area contributed by atoms with Gasteiger partial charge in [0.25, 0.3) is 0 Å². The zero-order valence-corrected chi connectivity index (χ0v) is 19.3. The van der Waals surface area contributed by atoms with Crippen LogP contribution in [0.5, 0.6) is 11.5 Å². The normalized spacial score (nSPS) is 12.5. The van der Waals surface area contributed by atoms with Crippen molar-refractivity contribution in [1.82, 2.24) is 4.90 Å². The van der Waals surface area contributed by atoms with Gasteiger partial charge in [-0.3, -0.25) is 0 Å². The molecule has 4 nitrogen and oxygen atoms in total. The van der Waals surface area contributed by atoms with Crippen molar-refractivity contribution in [3.05, 3.63) is 72.3 Å². The quantitative estimate of drug-likeness (QED) is 0.419. The highest BCUT2D eigenvalue weighted by molar-refractivity contribution is 7.99. The van der Waals surface area contributed by atoms with Gasteiger partial charge in [-0.05, 0) is 68.4 Å². The molecule has 1 heterocycles. The molecule has 0 saturated heterocycles. The molecule has 0 amide bonds. The number of ether oxygens (including phenoxy) is 2. The maximum Gasteiger partial charge on any atom is 0.160 e. The van der Waals surface area contributed by atoms with Crippen LogP contribution in [-0.4, -0.2) is 45.8 Å². The first kappa shape index (κ1) is 21.6. The molecule has 0 bridgehead atoms. The van der Waals surface area contributed by atoms with Crippen LogP contribution in [0.15, 0.2) is 76.5 Å². The summed E-state index contributed by atoms with van der Waals surface area (Å²) >= 11 is 1.87. The van der Waals surface area contributed by atoms with Crippen molar-refractivity contribution >= 4 is 23.1 Å². The number of anilines is 2. The fourth-order valence-corrected chi connectivity index (χ4v) is 5.08. The highest BCUT2D eigenvalue weighted by atomic mass is 32.2. The van der Waals surface area contributed by atoms with Crippen LogP contribution in [0.25, 0.3) is 0 Å². The number of para-hydroxylation sites is 2. The molecular weight excluding hydrogens is 404 g/mol. The molecule has 31 heavy (non-hydrogen) atoms. The Morgan fingerprint density at radius 2 is 1.45 bits per heavy atom. The zero-order chi connectivity index (χ0) is 21.6. The van der Waals surface area contributed by atoms with Crippen molar-refractivity contribution in [3.8, 4) is 11.5 Å². The topological polar surface area (TPSA) is 24.9 Å². The van der Waals surface area contributed by atoms with Crippen LogP contribution in [0.2, 0.25) is 0 Å². The van der Waals surface area contributed by atoms with Crippen LogP contribution in [0, 0.1) is 0 Å². The molecule has 0 radical (unpaired) electrons. The number of rotatable bonds is 9. The highest BCUT2D eigenvalue weighted by Crippen LogP contribution is 2.47. The van der Waals surface area contributed by atoms with E-state index in [2.05, 4.69) is 77.5 Å². The zero-order valence-electron chi connectivity index (χ0n) is 18.5. The Kier molecular flexibility index (Phi) is 7.05. The first-order valence-corrected chi connectivity index (χ1v) is 11.5. The van der Waals surface area contributed by atoms with E-state index in [1.165, 1.54) is 26.7 Å². The molecule has 0 N–H and O–H groups in total. The van der Waals surface area contributed by atoms with Gasteiger partial charge in [-0.2, -0.15) is 0 Å². The van der Waals surface area contributed by atoms with E-state index in [9.17, 15) is 0 Å². The predicted molar refractivity (Wildman–Crippen MR) is 129 cm³/mol. The molecule has 0 unspecified atom stereocenters. The summed E-state index contributed by atoms with van der Waals surface area (Å²) in [4.78, 5) is 7.56. The fraction of sp³-hybridized carbons (Fsp3) is 0.308. The van der Waals surface area contributed by atoms with Gasteiger partial charge in [0.2, 0.25) is 0 Å². The van der Waals surface area contributed by atoms with Crippen molar-refractivity contribution in [1.29, 1.82) is 0 Å². The number of hydrogen-bond acceptors (Lipinski definition) is 5. The minimum atomic E-state index is 0.778. The van der Waals surface area contributed by atoms with Gasteiger partial charge < -0.3 is 19.3 Å². The van der Waals surface area contributed by atoms with E-state index in [1.54, 1.807) is 14.2 Å². The molecule has 1 aliphatic rings. The van der Waals surface area contributed by atoms with Crippen molar-refractivity contribution in [2.24, 2.45) is 0 Å². The average molecular weight is 435 g/mol. The molecule has 3 aromatic rings. The number of likely N-dealkylation sites (N-methyl/N-ethyl adjacent to an activating group) is 1. The predicted octanol–water partition coefficient (Wildman–Crippen LogP) is 5.87. The summed E-state index contributed by atoms with van der Waals surface area (Å²) < 4.78 is 10.8. The molecule has 0 atom stereocenters. The Morgan fingerprint density at radius 1 is 0.806 bits per heavy atom. The maximum absolute atomic E-state index is 5.43. The number of methoxy groups -OCH3 is 2. The SMILES string of the molecule is COc1ccc(CCN(C)CCCN2c3ccccc3Sc3ccccc32)cc1OC. The third kappa shape index (κ3) is 5.00. The van der Waals surface area contributed by atoms with Crippen LogP contribution in [0.1, 0.15) is 12.0 Å². The molecule has 0 saturated carbocycles. The largest absolute Gasteiger partial charge is 0.493 e. The molecule has 0 aliphatic carbocycles. The second-order valence-electron chi connectivity index (χ2n) is 7.79. The van der Waals surface area contributed by atoms with Gasteiger partial charge in [0.15, 0.2) is 11.5 Å². The van der Waals surface area contributed by atoms with E-state index in [0.29, 0.717) is 0 Å². The summed E-state index contributed by atoms with van der Waals surface area (Å²) in [5.74, 6) is 1.57. The van der Waals surface area contributed by atoms with Crippen LogP contribution in [-0.2, 0) is 6.42 Å². The fourth-order valence-electron chi connectivity index (χ4n) is 3.99. The average Bonchev–Trinajstić information content (AvgIpc) is 2.82. The van der Waals surface area contributed by atoms with Gasteiger partial charge in [0.05, 0.1) is 25.6 Å². The lowest BCUT2D eigenvalue weighted by atomic mass is 10.1. The summed E-state index contributed by atoms with van der Waals surface area (Å²) in [6.45, 7) is 3.08. The van der Waals surface area contributed by atoms with Crippen molar-refractivity contribution in [3.63, 3.8) is 0 Å². The molecular formula is C26H30N2O2S. The minimum absolute atomic E-state index is 0.778. The number of nitrogens with zero attached hydrogens (tertiary/aromatic N) is 2. The highest BCUT2D eigenvalue weighted by Gasteiger charge is 2.22. The van der Waals surface area contributed by atoms with Gasteiger partial charge in [0.1, 0.15) is 0 Å². The Bertz CT molecular complexity index is 978. The van der Waals surface area contributed by atoms with Crippen molar-refractivity contribution < 1.29 is 9.47 Å². The lowest BCUT2D eigenvalue weighted by molar-refractivity contribution is 0.334. The molecule has 162 valence electrons. The Labute approximate surface area is 189 Å².